The van der Waals surface area contributed by atoms with Crippen molar-refractivity contribution in [2.75, 3.05) is 12.0 Å². The van der Waals surface area contributed by atoms with Crippen LogP contribution >= 0.6 is 11.6 Å². The first-order chi connectivity index (χ1) is 21.6. The number of phenols is 1. The van der Waals surface area contributed by atoms with Gasteiger partial charge >= 0.3 is 0 Å². The number of imide groups is 2. The number of amides is 4. The molecule has 2 aliphatic heterocycles. The average molecular weight is 628 g/mol. The summed E-state index contributed by atoms with van der Waals surface area (Å²) in [7, 11) is 0. The van der Waals surface area contributed by atoms with Crippen molar-refractivity contribution in [3.8, 4) is 5.75 Å². The molecule has 8 nitrogen and oxygen atoms in total. The van der Waals surface area contributed by atoms with Gasteiger partial charge in [-0.3, -0.25) is 29.5 Å². The van der Waals surface area contributed by atoms with E-state index in [1.807, 2.05) is 12.1 Å². The largest absolute Gasteiger partial charge is 0.508 e. The maximum Gasteiger partial charge on any atom is 0.260 e. The number of fused-ring (bicyclic) bond motifs is 4. The van der Waals surface area contributed by atoms with Gasteiger partial charge in [0.15, 0.2) is 0 Å². The van der Waals surface area contributed by atoms with Crippen LogP contribution in [0.3, 0.4) is 0 Å². The second-order valence-electron chi connectivity index (χ2n) is 12.3. The molecule has 2 heterocycles. The van der Waals surface area contributed by atoms with Gasteiger partial charge in [-0.15, -0.1) is 0 Å². The Morgan fingerprint density at radius 1 is 0.956 bits per heavy atom. The third kappa shape index (κ3) is 4.16. The molecule has 1 saturated carbocycles. The molecule has 0 spiro atoms. The highest BCUT2D eigenvalue weighted by Crippen LogP contribution is 2.64. The van der Waals surface area contributed by atoms with Crippen molar-refractivity contribution < 1.29 is 28.7 Å². The monoisotopic (exact) mass is 627 g/mol. The molecule has 10 heteroatoms. The van der Waals surface area contributed by atoms with E-state index in [0.717, 1.165) is 10.6 Å². The highest BCUT2D eigenvalue weighted by atomic mass is 35.5. The molecule has 2 aliphatic carbocycles. The number of carbonyl (C=O) groups excluding carboxylic acids is 4. The summed E-state index contributed by atoms with van der Waals surface area (Å²) in [5.74, 6) is -5.08. The molecule has 3 fully saturated rings. The number of carbonyl (C=O) groups is 4. The zero-order valence-corrected chi connectivity index (χ0v) is 25.4. The Hall–Kier alpha value is -4.50. The van der Waals surface area contributed by atoms with Crippen LogP contribution in [0.25, 0.3) is 0 Å². The van der Waals surface area contributed by atoms with Crippen LogP contribution in [0.4, 0.5) is 10.1 Å². The standard InChI is InChI=1S/C35H31ClFN3O5/c1-3-39-31(42)25-14-13-24-26(29(25)33(39)44)17-27-32(43)40(38-23-11-9-22(37)10-12-23)34(45)35(27,20-5-7-21(36)8-6-20)30(24)19-4-15-28(41)18(2)16-19/h4-13,15-16,25-27,29-30,38,41H,3,14,17H2,1-2H3. The lowest BCUT2D eigenvalue weighted by atomic mass is 9.49. The number of nitrogens with zero attached hydrogens (tertiary/aromatic N) is 2. The molecule has 45 heavy (non-hydrogen) atoms. The minimum absolute atomic E-state index is 0.0875. The second-order valence-corrected chi connectivity index (χ2v) is 12.8. The first-order valence-corrected chi connectivity index (χ1v) is 15.5. The number of rotatable bonds is 5. The van der Waals surface area contributed by atoms with Crippen molar-refractivity contribution in [1.82, 2.24) is 9.91 Å². The van der Waals surface area contributed by atoms with Crippen molar-refractivity contribution in [2.45, 2.75) is 38.0 Å². The number of aromatic hydroxyl groups is 1. The quantitative estimate of drug-likeness (QED) is 0.286. The van der Waals surface area contributed by atoms with Crippen LogP contribution in [-0.2, 0) is 24.6 Å². The molecule has 0 radical (unpaired) electrons. The molecule has 230 valence electrons. The number of hydrazine groups is 1. The number of hydrogen-bond acceptors (Lipinski definition) is 6. The molecule has 6 unspecified atom stereocenters. The number of halogens is 2. The zero-order valence-electron chi connectivity index (χ0n) is 24.7. The second kappa shape index (κ2) is 10.5. The van der Waals surface area contributed by atoms with E-state index in [9.17, 15) is 23.9 Å². The van der Waals surface area contributed by atoms with Gasteiger partial charge in [-0.1, -0.05) is 47.5 Å². The van der Waals surface area contributed by atoms with E-state index in [0.29, 0.717) is 33.8 Å². The van der Waals surface area contributed by atoms with Gasteiger partial charge < -0.3 is 5.11 Å². The van der Waals surface area contributed by atoms with Gasteiger partial charge in [0.2, 0.25) is 11.8 Å². The van der Waals surface area contributed by atoms with E-state index in [-0.39, 0.29) is 30.5 Å². The lowest BCUT2D eigenvalue weighted by Crippen LogP contribution is -2.53. The SMILES string of the molecule is CCN1C(=O)C2CC=C3C(CC4C(=O)N(Nc5ccc(F)cc5)C(=O)C4(c4ccc(Cl)cc4)C3c3ccc(O)c(C)c3)C2C1=O. The fourth-order valence-corrected chi connectivity index (χ4v) is 8.39. The van der Waals surface area contributed by atoms with E-state index in [2.05, 4.69) is 5.43 Å². The predicted octanol–water partition coefficient (Wildman–Crippen LogP) is 5.50. The van der Waals surface area contributed by atoms with Crippen LogP contribution in [0.15, 0.2) is 78.4 Å². The van der Waals surface area contributed by atoms with E-state index in [1.54, 1.807) is 50.2 Å². The molecular formula is C35H31ClFN3O5. The summed E-state index contributed by atoms with van der Waals surface area (Å²) in [6.07, 6.45) is 2.50. The Labute approximate surface area is 264 Å². The molecule has 2 N–H and O–H groups in total. The van der Waals surface area contributed by atoms with Crippen molar-refractivity contribution in [1.29, 1.82) is 0 Å². The van der Waals surface area contributed by atoms with Crippen molar-refractivity contribution in [2.24, 2.45) is 23.7 Å². The number of anilines is 1. The summed E-state index contributed by atoms with van der Waals surface area (Å²) in [5, 5.41) is 11.9. The summed E-state index contributed by atoms with van der Waals surface area (Å²) >= 11 is 6.31. The minimum atomic E-state index is -1.45. The van der Waals surface area contributed by atoms with Gasteiger partial charge in [-0.05, 0) is 91.8 Å². The maximum atomic E-state index is 15.0. The Balaban J connectivity index is 1.47. The van der Waals surface area contributed by atoms with Gasteiger partial charge in [0.25, 0.3) is 11.8 Å². The number of likely N-dealkylation sites (tertiary alicyclic amines) is 1. The summed E-state index contributed by atoms with van der Waals surface area (Å²) in [6.45, 7) is 3.80. The van der Waals surface area contributed by atoms with Crippen molar-refractivity contribution in [3.05, 3.63) is 106 Å². The normalized spacial score (nSPS) is 29.0. The fraction of sp³-hybridized carbons (Fsp3) is 0.314. The van der Waals surface area contributed by atoms with Crippen LogP contribution in [0.1, 0.15) is 42.4 Å². The molecule has 0 aromatic heterocycles. The number of benzene rings is 3. The smallest absolute Gasteiger partial charge is 0.260 e. The first kappa shape index (κ1) is 29.2. The number of aryl methyl sites for hydroxylation is 1. The van der Waals surface area contributed by atoms with E-state index >= 15 is 4.79 Å². The third-order valence-corrected chi connectivity index (χ3v) is 10.5. The lowest BCUT2D eigenvalue weighted by molar-refractivity contribution is -0.141. The van der Waals surface area contributed by atoms with Crippen LogP contribution < -0.4 is 5.43 Å². The number of allylic oxidation sites excluding steroid dienone is 2. The predicted molar refractivity (Wildman–Crippen MR) is 164 cm³/mol. The van der Waals surface area contributed by atoms with Crippen LogP contribution in [0, 0.1) is 36.4 Å². The molecule has 7 rings (SSSR count). The van der Waals surface area contributed by atoms with Crippen molar-refractivity contribution >= 4 is 40.9 Å². The first-order valence-electron chi connectivity index (χ1n) is 15.1. The average Bonchev–Trinajstić information content (AvgIpc) is 3.40. The van der Waals surface area contributed by atoms with Gasteiger partial charge in [0.05, 0.1) is 28.9 Å². The highest BCUT2D eigenvalue weighted by Gasteiger charge is 2.70. The van der Waals surface area contributed by atoms with Gasteiger partial charge in [0.1, 0.15) is 11.6 Å². The van der Waals surface area contributed by atoms with Crippen LogP contribution in [0.2, 0.25) is 5.02 Å². The minimum Gasteiger partial charge on any atom is -0.508 e. The summed E-state index contributed by atoms with van der Waals surface area (Å²) < 4.78 is 13.7. The molecule has 3 aromatic carbocycles. The Kier molecular flexibility index (Phi) is 6.85. The Morgan fingerprint density at radius 2 is 1.67 bits per heavy atom. The third-order valence-electron chi connectivity index (χ3n) is 10.2. The summed E-state index contributed by atoms with van der Waals surface area (Å²) in [5.41, 5.74) is 4.54. The van der Waals surface area contributed by atoms with E-state index in [4.69, 9.17) is 11.6 Å². The molecule has 6 atom stereocenters. The highest BCUT2D eigenvalue weighted by molar-refractivity contribution is 6.30. The zero-order chi connectivity index (χ0) is 31.8. The number of phenolic OH excluding ortho intramolecular Hbond substituents is 1. The molecular weight excluding hydrogens is 597 g/mol. The van der Waals surface area contributed by atoms with Crippen LogP contribution in [-0.4, -0.2) is 45.2 Å². The maximum absolute atomic E-state index is 15.0. The molecule has 4 amide bonds. The lowest BCUT2D eigenvalue weighted by Gasteiger charge is -2.50. The Morgan fingerprint density at radius 3 is 2.33 bits per heavy atom. The van der Waals surface area contributed by atoms with E-state index < -0.39 is 52.6 Å². The Bertz CT molecular complexity index is 1790. The van der Waals surface area contributed by atoms with Crippen molar-refractivity contribution in [3.63, 3.8) is 0 Å². The molecule has 4 aliphatic rings. The summed E-state index contributed by atoms with van der Waals surface area (Å²) in [4.78, 5) is 57.9. The molecule has 3 aromatic rings. The molecule has 0 bridgehead atoms. The summed E-state index contributed by atoms with van der Waals surface area (Å²) in [6, 6.07) is 17.4. The fourth-order valence-electron chi connectivity index (χ4n) is 8.27. The number of nitrogens with one attached hydrogen (secondary N) is 1. The van der Waals surface area contributed by atoms with Gasteiger partial charge in [0, 0.05) is 17.5 Å². The molecule has 2 saturated heterocycles. The van der Waals surface area contributed by atoms with Gasteiger partial charge in [-0.2, -0.15) is 5.01 Å². The van der Waals surface area contributed by atoms with E-state index in [1.165, 1.54) is 29.2 Å². The van der Waals surface area contributed by atoms with Crippen LogP contribution in [0.5, 0.6) is 5.75 Å². The number of hydrogen-bond donors (Lipinski definition) is 2. The van der Waals surface area contributed by atoms with Gasteiger partial charge in [-0.25, -0.2) is 4.39 Å². The topological polar surface area (TPSA) is 107 Å².